The second-order valence-corrected chi connectivity index (χ2v) is 5.93. The third-order valence-corrected chi connectivity index (χ3v) is 3.95. The lowest BCUT2D eigenvalue weighted by Crippen LogP contribution is -2.17. The summed E-state index contributed by atoms with van der Waals surface area (Å²) in [6.07, 6.45) is 0.199. The lowest BCUT2D eigenvalue weighted by Gasteiger charge is -2.12. The Kier molecular flexibility index (Phi) is 5.11. The molecule has 0 saturated carbocycles. The van der Waals surface area contributed by atoms with E-state index >= 15 is 0 Å². The number of carboxylic acids is 1. The number of carboxylic acid groups (broad SMARTS) is 1. The molecule has 1 amide bonds. The van der Waals surface area contributed by atoms with Crippen molar-refractivity contribution in [1.29, 1.82) is 0 Å². The van der Waals surface area contributed by atoms with Crippen LogP contribution in [0.1, 0.15) is 19.8 Å². The molecule has 1 aromatic carbocycles. The summed E-state index contributed by atoms with van der Waals surface area (Å²) in [4.78, 5) is 23.7. The molecule has 1 heterocycles. The number of rotatable bonds is 6. The number of thiophene rings is 1. The molecule has 0 saturated heterocycles. The average molecular weight is 303 g/mol. The monoisotopic (exact) mass is 303 g/mol. The smallest absolute Gasteiger partial charge is 0.303 e. The van der Waals surface area contributed by atoms with Crippen molar-refractivity contribution in [3.63, 3.8) is 0 Å². The molecular weight excluding hydrogens is 286 g/mol. The van der Waals surface area contributed by atoms with Crippen LogP contribution in [0.15, 0.2) is 41.8 Å². The first-order chi connectivity index (χ1) is 10.1. The third kappa shape index (κ3) is 4.43. The van der Waals surface area contributed by atoms with E-state index in [9.17, 15) is 9.59 Å². The van der Waals surface area contributed by atoms with E-state index in [0.717, 1.165) is 16.1 Å². The van der Waals surface area contributed by atoms with Crippen LogP contribution in [-0.4, -0.2) is 17.0 Å². The zero-order valence-electron chi connectivity index (χ0n) is 11.7. The fourth-order valence-corrected chi connectivity index (χ4v) is 2.89. The Bertz CT molecular complexity index is 622. The lowest BCUT2D eigenvalue weighted by atomic mass is 10.0. The van der Waals surface area contributed by atoms with Gasteiger partial charge in [-0.1, -0.05) is 31.2 Å². The number of aliphatic carboxylic acids is 1. The molecule has 2 N–H and O–H groups in total. The van der Waals surface area contributed by atoms with Crippen molar-refractivity contribution >= 4 is 28.9 Å². The first-order valence-corrected chi connectivity index (χ1v) is 7.58. The fraction of sp³-hybridized carbons (Fsp3) is 0.250. The Labute approximate surface area is 127 Å². The molecule has 0 radical (unpaired) electrons. The number of hydrogen-bond donors (Lipinski definition) is 2. The van der Waals surface area contributed by atoms with Crippen molar-refractivity contribution in [3.8, 4) is 10.4 Å². The van der Waals surface area contributed by atoms with Gasteiger partial charge < -0.3 is 10.4 Å². The molecule has 1 aromatic heterocycles. The summed E-state index contributed by atoms with van der Waals surface area (Å²) in [5, 5.41) is 13.6. The van der Waals surface area contributed by atoms with Crippen LogP contribution in [0.2, 0.25) is 0 Å². The van der Waals surface area contributed by atoms with Gasteiger partial charge in [-0.2, -0.15) is 0 Å². The van der Waals surface area contributed by atoms with Crippen molar-refractivity contribution in [1.82, 2.24) is 0 Å². The van der Waals surface area contributed by atoms with Crippen molar-refractivity contribution < 1.29 is 14.7 Å². The Morgan fingerprint density at radius 2 is 1.95 bits per heavy atom. The topological polar surface area (TPSA) is 66.4 Å². The second kappa shape index (κ2) is 7.04. The molecular formula is C16H17NO3S. The van der Waals surface area contributed by atoms with Gasteiger partial charge in [0.15, 0.2) is 0 Å². The Balaban J connectivity index is 2.06. The van der Waals surface area contributed by atoms with Crippen LogP contribution in [0.3, 0.4) is 0 Å². The van der Waals surface area contributed by atoms with Gasteiger partial charge in [0.2, 0.25) is 5.91 Å². The first-order valence-electron chi connectivity index (χ1n) is 6.71. The van der Waals surface area contributed by atoms with Gasteiger partial charge in [0, 0.05) is 29.0 Å². The minimum atomic E-state index is -0.880. The molecule has 0 fully saturated rings. The van der Waals surface area contributed by atoms with E-state index in [-0.39, 0.29) is 24.7 Å². The lowest BCUT2D eigenvalue weighted by molar-refractivity contribution is -0.138. The molecule has 5 heteroatoms. The van der Waals surface area contributed by atoms with Gasteiger partial charge in [-0.3, -0.25) is 9.59 Å². The quantitative estimate of drug-likeness (QED) is 0.851. The van der Waals surface area contributed by atoms with Crippen molar-refractivity contribution in [2.75, 3.05) is 5.32 Å². The average Bonchev–Trinajstić information content (AvgIpc) is 2.91. The number of nitrogens with one attached hydrogen (secondary N) is 1. The molecule has 2 aromatic rings. The van der Waals surface area contributed by atoms with E-state index in [1.165, 1.54) is 0 Å². The van der Waals surface area contributed by atoms with Gasteiger partial charge in [0.1, 0.15) is 0 Å². The molecule has 0 bridgehead atoms. The summed E-state index contributed by atoms with van der Waals surface area (Å²) in [5.74, 6) is -1.22. The van der Waals surface area contributed by atoms with Crippen LogP contribution in [0.4, 0.5) is 5.69 Å². The van der Waals surface area contributed by atoms with Crippen LogP contribution in [-0.2, 0) is 9.59 Å². The van der Waals surface area contributed by atoms with Crippen molar-refractivity contribution in [3.05, 3.63) is 41.8 Å². The van der Waals surface area contributed by atoms with Gasteiger partial charge in [0.05, 0.1) is 0 Å². The van der Waals surface area contributed by atoms with Crippen LogP contribution in [0.5, 0.6) is 0 Å². The van der Waals surface area contributed by atoms with E-state index in [0.29, 0.717) is 0 Å². The van der Waals surface area contributed by atoms with Crippen LogP contribution in [0, 0.1) is 5.92 Å². The van der Waals surface area contributed by atoms with E-state index in [2.05, 4.69) is 5.32 Å². The number of anilines is 1. The molecule has 110 valence electrons. The molecule has 0 spiro atoms. The van der Waals surface area contributed by atoms with Gasteiger partial charge in [-0.05, 0) is 23.4 Å². The molecule has 0 aliphatic heterocycles. The zero-order valence-corrected chi connectivity index (χ0v) is 12.5. The van der Waals surface area contributed by atoms with Gasteiger partial charge in [0.25, 0.3) is 0 Å². The summed E-state index contributed by atoms with van der Waals surface area (Å²) in [6, 6.07) is 11.6. The third-order valence-electron chi connectivity index (χ3n) is 3.04. The van der Waals surface area contributed by atoms with Crippen LogP contribution < -0.4 is 5.32 Å². The highest BCUT2D eigenvalue weighted by molar-refractivity contribution is 7.13. The Hall–Kier alpha value is -2.14. The summed E-state index contributed by atoms with van der Waals surface area (Å²) in [6.45, 7) is 1.76. The number of hydrogen-bond acceptors (Lipinski definition) is 3. The summed E-state index contributed by atoms with van der Waals surface area (Å²) in [5.41, 5.74) is 1.74. The van der Waals surface area contributed by atoms with Crippen molar-refractivity contribution in [2.24, 2.45) is 5.92 Å². The van der Waals surface area contributed by atoms with Gasteiger partial charge in [-0.15, -0.1) is 11.3 Å². The second-order valence-electron chi connectivity index (χ2n) is 4.98. The minimum absolute atomic E-state index is 0.00000848. The van der Waals surface area contributed by atoms with Crippen LogP contribution in [0.25, 0.3) is 10.4 Å². The van der Waals surface area contributed by atoms with E-state index < -0.39 is 5.97 Å². The largest absolute Gasteiger partial charge is 0.481 e. The highest BCUT2D eigenvalue weighted by Gasteiger charge is 2.14. The predicted molar refractivity (Wildman–Crippen MR) is 84.4 cm³/mol. The maximum atomic E-state index is 12.0. The number of amides is 1. The molecule has 4 nitrogen and oxygen atoms in total. The minimum Gasteiger partial charge on any atom is -0.481 e. The maximum Gasteiger partial charge on any atom is 0.303 e. The summed E-state index contributed by atoms with van der Waals surface area (Å²) >= 11 is 1.61. The van der Waals surface area contributed by atoms with Gasteiger partial charge in [-0.25, -0.2) is 0 Å². The standard InChI is InChI=1S/C16H17NO3S/c1-11(10-16(19)20)9-15(18)17-13-6-3-2-5-12(13)14-7-4-8-21-14/h2-8,11H,9-10H2,1H3,(H,17,18)(H,19,20). The van der Waals surface area contributed by atoms with Crippen LogP contribution >= 0.6 is 11.3 Å². The molecule has 0 aliphatic rings. The maximum absolute atomic E-state index is 12.0. The molecule has 21 heavy (non-hydrogen) atoms. The number of benzene rings is 1. The van der Waals surface area contributed by atoms with Crippen molar-refractivity contribution in [2.45, 2.75) is 19.8 Å². The highest BCUT2D eigenvalue weighted by atomic mass is 32.1. The summed E-state index contributed by atoms with van der Waals surface area (Å²) in [7, 11) is 0. The normalized spacial score (nSPS) is 11.9. The number of carbonyl (C=O) groups is 2. The fourth-order valence-electron chi connectivity index (χ4n) is 2.13. The molecule has 2 rings (SSSR count). The Morgan fingerprint density at radius 1 is 1.19 bits per heavy atom. The number of carbonyl (C=O) groups excluding carboxylic acids is 1. The van der Waals surface area contributed by atoms with E-state index in [4.69, 9.17) is 5.11 Å². The van der Waals surface area contributed by atoms with E-state index in [1.54, 1.807) is 18.3 Å². The SMILES string of the molecule is CC(CC(=O)O)CC(=O)Nc1ccccc1-c1cccs1. The molecule has 1 unspecified atom stereocenters. The highest BCUT2D eigenvalue weighted by Crippen LogP contribution is 2.31. The Morgan fingerprint density at radius 3 is 2.62 bits per heavy atom. The molecule has 1 atom stereocenters. The summed E-state index contributed by atoms with van der Waals surface area (Å²) < 4.78 is 0. The number of para-hydroxylation sites is 1. The van der Waals surface area contributed by atoms with Gasteiger partial charge >= 0.3 is 5.97 Å². The van der Waals surface area contributed by atoms with E-state index in [1.807, 2.05) is 41.8 Å². The predicted octanol–water partition coefficient (Wildman–Crippen LogP) is 3.85. The first kappa shape index (κ1) is 15.3. The molecule has 0 aliphatic carbocycles. The zero-order chi connectivity index (χ0) is 15.2.